The quantitative estimate of drug-likeness (QED) is 0.190. The third-order valence-corrected chi connectivity index (χ3v) is 4.27. The predicted octanol–water partition coefficient (Wildman–Crippen LogP) is 1.53. The first-order valence-electron chi connectivity index (χ1n) is 6.50. The molecule has 19 heavy (non-hydrogen) atoms. The smallest absolute Gasteiger partial charge is 0.172 e. The van der Waals surface area contributed by atoms with Gasteiger partial charge in [-0.1, -0.05) is 5.16 Å². The molecule has 0 saturated carbocycles. The highest BCUT2D eigenvalue weighted by Gasteiger charge is 2.17. The zero-order valence-electron chi connectivity index (χ0n) is 10.8. The first kappa shape index (κ1) is 14.1. The number of oxime groups is 1. The van der Waals surface area contributed by atoms with Crippen LogP contribution >= 0.6 is 11.8 Å². The van der Waals surface area contributed by atoms with Crippen LogP contribution in [-0.2, 0) is 12.8 Å². The molecule has 1 aliphatic carbocycles. The molecule has 1 aliphatic rings. The van der Waals surface area contributed by atoms with E-state index in [2.05, 4.69) is 10.1 Å². The van der Waals surface area contributed by atoms with Crippen molar-refractivity contribution in [3.8, 4) is 0 Å². The second-order valence-electron chi connectivity index (χ2n) is 4.56. The first-order valence-corrected chi connectivity index (χ1v) is 7.49. The van der Waals surface area contributed by atoms with Gasteiger partial charge in [-0.15, -0.1) is 11.8 Å². The van der Waals surface area contributed by atoms with Gasteiger partial charge in [0.1, 0.15) is 5.03 Å². The van der Waals surface area contributed by atoms with Crippen LogP contribution in [-0.4, -0.2) is 33.5 Å². The maximum atomic E-state index is 8.87. The molecule has 2 rings (SSSR count). The molecule has 1 heterocycles. The molecule has 0 bridgehead atoms. The summed E-state index contributed by atoms with van der Waals surface area (Å²) in [6.07, 6.45) is 5.05. The second-order valence-corrected chi connectivity index (χ2v) is 5.65. The number of amidine groups is 1. The Kier molecular flexibility index (Phi) is 5.04. The molecule has 0 aliphatic heterocycles. The van der Waals surface area contributed by atoms with Crippen LogP contribution in [0.15, 0.2) is 16.2 Å². The molecule has 1 aromatic rings. The van der Waals surface area contributed by atoms with Crippen molar-refractivity contribution in [2.45, 2.75) is 37.1 Å². The van der Waals surface area contributed by atoms with Crippen LogP contribution in [0.1, 0.15) is 36.1 Å². The lowest BCUT2D eigenvalue weighted by Crippen LogP contribution is -2.18. The SMILES string of the molecule is NC(=NO)c1cc2c(nc1SCCCO)CCCC2. The van der Waals surface area contributed by atoms with Crippen molar-refractivity contribution < 1.29 is 10.3 Å². The fourth-order valence-corrected chi connectivity index (χ4v) is 3.16. The number of fused-ring (bicyclic) bond motifs is 1. The number of nitrogens with zero attached hydrogens (tertiary/aromatic N) is 2. The van der Waals surface area contributed by atoms with Crippen LogP contribution in [0.4, 0.5) is 0 Å². The Morgan fingerprint density at radius 2 is 2.21 bits per heavy atom. The zero-order valence-corrected chi connectivity index (χ0v) is 11.6. The number of nitrogens with two attached hydrogens (primary N) is 1. The van der Waals surface area contributed by atoms with E-state index in [1.54, 1.807) is 11.8 Å². The van der Waals surface area contributed by atoms with E-state index >= 15 is 0 Å². The number of pyridine rings is 1. The summed E-state index contributed by atoms with van der Waals surface area (Å²) < 4.78 is 0. The Morgan fingerprint density at radius 1 is 1.42 bits per heavy atom. The summed E-state index contributed by atoms with van der Waals surface area (Å²) in [6, 6.07) is 2.00. The third kappa shape index (κ3) is 3.39. The fourth-order valence-electron chi connectivity index (χ4n) is 2.20. The van der Waals surface area contributed by atoms with Crippen LogP contribution in [0, 0.1) is 0 Å². The van der Waals surface area contributed by atoms with Gasteiger partial charge < -0.3 is 16.0 Å². The summed E-state index contributed by atoms with van der Waals surface area (Å²) in [5.74, 6) is 0.876. The number of hydrogen-bond donors (Lipinski definition) is 3. The molecule has 104 valence electrons. The van der Waals surface area contributed by atoms with Gasteiger partial charge in [-0.2, -0.15) is 0 Å². The summed E-state index contributed by atoms with van der Waals surface area (Å²) in [4.78, 5) is 4.66. The maximum absolute atomic E-state index is 8.87. The lowest BCUT2D eigenvalue weighted by molar-refractivity contribution is 0.296. The van der Waals surface area contributed by atoms with E-state index in [4.69, 9.17) is 16.0 Å². The molecule has 1 aromatic heterocycles. The largest absolute Gasteiger partial charge is 0.409 e. The Morgan fingerprint density at radius 3 is 2.95 bits per heavy atom. The van der Waals surface area contributed by atoms with Gasteiger partial charge in [-0.25, -0.2) is 4.98 Å². The topological polar surface area (TPSA) is 91.7 Å². The molecule has 0 spiro atoms. The molecule has 4 N–H and O–H groups in total. The summed E-state index contributed by atoms with van der Waals surface area (Å²) in [5, 5.41) is 21.6. The van der Waals surface area contributed by atoms with Crippen molar-refractivity contribution in [2.75, 3.05) is 12.4 Å². The average molecular weight is 281 g/mol. The van der Waals surface area contributed by atoms with E-state index in [-0.39, 0.29) is 12.4 Å². The van der Waals surface area contributed by atoms with Crippen molar-refractivity contribution in [3.63, 3.8) is 0 Å². The maximum Gasteiger partial charge on any atom is 0.172 e. The Balaban J connectivity index is 2.31. The van der Waals surface area contributed by atoms with E-state index in [1.807, 2.05) is 6.07 Å². The molecular weight excluding hydrogens is 262 g/mol. The van der Waals surface area contributed by atoms with Gasteiger partial charge in [0.2, 0.25) is 0 Å². The van der Waals surface area contributed by atoms with Crippen molar-refractivity contribution in [2.24, 2.45) is 10.9 Å². The molecule has 0 saturated heterocycles. The van der Waals surface area contributed by atoms with Crippen molar-refractivity contribution >= 4 is 17.6 Å². The normalized spacial score (nSPS) is 15.3. The molecule has 0 fully saturated rings. The molecule has 0 unspecified atom stereocenters. The van der Waals surface area contributed by atoms with E-state index in [9.17, 15) is 0 Å². The highest BCUT2D eigenvalue weighted by atomic mass is 32.2. The minimum absolute atomic E-state index is 0.104. The number of aromatic nitrogens is 1. The van der Waals surface area contributed by atoms with Crippen LogP contribution in [0.5, 0.6) is 0 Å². The predicted molar refractivity (Wildman–Crippen MR) is 75.8 cm³/mol. The molecule has 6 heteroatoms. The monoisotopic (exact) mass is 281 g/mol. The first-order chi connectivity index (χ1) is 9.26. The standard InChI is InChI=1S/C13H19N3O2S/c14-12(16-18)10-8-9-4-1-2-5-11(9)15-13(10)19-7-3-6-17/h8,17-18H,1-7H2,(H2,14,16). The Labute approximate surface area is 116 Å². The van der Waals surface area contributed by atoms with Crippen LogP contribution in [0.25, 0.3) is 0 Å². The van der Waals surface area contributed by atoms with Gasteiger partial charge in [0, 0.05) is 18.1 Å². The van der Waals surface area contributed by atoms with E-state index < -0.39 is 0 Å². The summed E-state index contributed by atoms with van der Waals surface area (Å²) in [7, 11) is 0. The van der Waals surface area contributed by atoms with E-state index in [0.717, 1.165) is 29.3 Å². The summed E-state index contributed by atoms with van der Waals surface area (Å²) in [5.41, 5.74) is 8.77. The van der Waals surface area contributed by atoms with Crippen molar-refractivity contribution in [3.05, 3.63) is 22.9 Å². The summed E-state index contributed by atoms with van der Waals surface area (Å²) in [6.45, 7) is 0.164. The van der Waals surface area contributed by atoms with Crippen LogP contribution < -0.4 is 5.73 Å². The zero-order chi connectivity index (χ0) is 13.7. The molecule has 0 aromatic carbocycles. The lowest BCUT2D eigenvalue weighted by Gasteiger charge is -2.18. The Bertz CT molecular complexity index is 477. The van der Waals surface area contributed by atoms with Gasteiger partial charge in [0.05, 0.1) is 5.56 Å². The van der Waals surface area contributed by atoms with Crippen molar-refractivity contribution in [1.29, 1.82) is 0 Å². The van der Waals surface area contributed by atoms with Crippen molar-refractivity contribution in [1.82, 2.24) is 4.98 Å². The van der Waals surface area contributed by atoms with Gasteiger partial charge in [0.25, 0.3) is 0 Å². The van der Waals surface area contributed by atoms with E-state index in [0.29, 0.717) is 12.0 Å². The second kappa shape index (κ2) is 6.77. The molecule has 5 nitrogen and oxygen atoms in total. The third-order valence-electron chi connectivity index (χ3n) is 3.19. The van der Waals surface area contributed by atoms with Gasteiger partial charge in [-0.05, 0) is 43.7 Å². The van der Waals surface area contributed by atoms with Gasteiger partial charge in [0.15, 0.2) is 5.84 Å². The van der Waals surface area contributed by atoms with Crippen LogP contribution in [0.2, 0.25) is 0 Å². The number of aryl methyl sites for hydroxylation is 2. The minimum Gasteiger partial charge on any atom is -0.409 e. The number of aliphatic hydroxyl groups excluding tert-OH is 1. The molecule has 0 atom stereocenters. The summed E-state index contributed by atoms with van der Waals surface area (Å²) >= 11 is 1.55. The van der Waals surface area contributed by atoms with E-state index in [1.165, 1.54) is 18.4 Å². The number of rotatable bonds is 5. The highest BCUT2D eigenvalue weighted by molar-refractivity contribution is 7.99. The Hall–Kier alpha value is -1.27. The number of aliphatic hydroxyl groups is 1. The molecule has 0 radical (unpaired) electrons. The minimum atomic E-state index is 0.104. The van der Waals surface area contributed by atoms with Crippen LogP contribution in [0.3, 0.4) is 0 Å². The molecular formula is C13H19N3O2S. The average Bonchev–Trinajstić information content (AvgIpc) is 2.46. The van der Waals surface area contributed by atoms with Gasteiger partial charge in [-0.3, -0.25) is 0 Å². The number of hydrogen-bond acceptors (Lipinski definition) is 5. The number of thioether (sulfide) groups is 1. The van der Waals surface area contributed by atoms with Gasteiger partial charge >= 0.3 is 0 Å². The lowest BCUT2D eigenvalue weighted by atomic mass is 9.95. The molecule has 0 amide bonds. The highest BCUT2D eigenvalue weighted by Crippen LogP contribution is 2.27. The fraction of sp³-hybridized carbons (Fsp3) is 0.538.